The smallest absolute Gasteiger partial charge is 0.202 e. The first-order valence-electron chi connectivity index (χ1n) is 11.1. The van der Waals surface area contributed by atoms with E-state index in [1.807, 2.05) is 6.07 Å². The van der Waals surface area contributed by atoms with E-state index in [1.165, 1.54) is 43.2 Å². The SMILES string of the molecule is CCC(C)c1ccc(OC(OCc2ccccc2)C(C)C2CCCCC2)cc1. The highest BCUT2D eigenvalue weighted by molar-refractivity contribution is 5.29. The lowest BCUT2D eigenvalue weighted by Crippen LogP contribution is -2.34. The van der Waals surface area contributed by atoms with Crippen LogP contribution >= 0.6 is 0 Å². The second-order valence-electron chi connectivity index (χ2n) is 8.42. The van der Waals surface area contributed by atoms with E-state index in [9.17, 15) is 0 Å². The second-order valence-corrected chi connectivity index (χ2v) is 8.42. The molecule has 2 heteroatoms. The largest absolute Gasteiger partial charge is 0.465 e. The molecule has 0 aliphatic heterocycles. The first kappa shape index (κ1) is 20.9. The normalized spacial score (nSPS) is 18.4. The first-order valence-corrected chi connectivity index (χ1v) is 11.1. The van der Waals surface area contributed by atoms with Gasteiger partial charge in [0.2, 0.25) is 6.29 Å². The van der Waals surface area contributed by atoms with Crippen molar-refractivity contribution in [3.63, 3.8) is 0 Å². The zero-order valence-corrected chi connectivity index (χ0v) is 17.8. The monoisotopic (exact) mass is 380 g/mol. The van der Waals surface area contributed by atoms with Gasteiger partial charge in [0, 0.05) is 5.92 Å². The Morgan fingerprint density at radius 2 is 1.57 bits per heavy atom. The summed E-state index contributed by atoms with van der Waals surface area (Å²) in [5.41, 5.74) is 2.57. The highest BCUT2D eigenvalue weighted by atomic mass is 16.7. The zero-order chi connectivity index (χ0) is 19.8. The van der Waals surface area contributed by atoms with Crippen molar-refractivity contribution in [2.45, 2.75) is 78.1 Å². The minimum atomic E-state index is -0.210. The zero-order valence-electron chi connectivity index (χ0n) is 17.8. The summed E-state index contributed by atoms with van der Waals surface area (Å²) in [4.78, 5) is 0. The summed E-state index contributed by atoms with van der Waals surface area (Å²) in [6, 6.07) is 19.0. The maximum Gasteiger partial charge on any atom is 0.202 e. The first-order chi connectivity index (χ1) is 13.7. The number of ether oxygens (including phenoxy) is 2. The predicted octanol–water partition coefficient (Wildman–Crippen LogP) is 7.34. The van der Waals surface area contributed by atoms with Gasteiger partial charge in [-0.1, -0.05) is 82.5 Å². The Morgan fingerprint density at radius 1 is 0.893 bits per heavy atom. The molecule has 1 aliphatic rings. The molecule has 0 bridgehead atoms. The van der Waals surface area contributed by atoms with Gasteiger partial charge in [-0.05, 0) is 54.4 Å². The van der Waals surface area contributed by atoms with E-state index in [2.05, 4.69) is 69.3 Å². The van der Waals surface area contributed by atoms with E-state index in [0.29, 0.717) is 24.4 Å². The molecule has 0 aromatic heterocycles. The van der Waals surface area contributed by atoms with Crippen LogP contribution in [0.25, 0.3) is 0 Å². The van der Waals surface area contributed by atoms with Crippen molar-refractivity contribution in [2.24, 2.45) is 11.8 Å². The minimum Gasteiger partial charge on any atom is -0.465 e. The van der Waals surface area contributed by atoms with Crippen LogP contribution < -0.4 is 4.74 Å². The van der Waals surface area contributed by atoms with Gasteiger partial charge in [0.15, 0.2) is 0 Å². The van der Waals surface area contributed by atoms with Gasteiger partial charge in [0.05, 0.1) is 6.61 Å². The summed E-state index contributed by atoms with van der Waals surface area (Å²) in [7, 11) is 0. The summed E-state index contributed by atoms with van der Waals surface area (Å²) in [5, 5.41) is 0. The molecule has 2 nitrogen and oxygen atoms in total. The standard InChI is InChI=1S/C26H36O2/c1-4-20(2)23-15-17-25(18-16-23)28-26(21(3)24-13-9-6-10-14-24)27-19-22-11-7-5-8-12-22/h5,7-8,11-12,15-18,20-21,24,26H,4,6,9-10,13-14,19H2,1-3H3. The lowest BCUT2D eigenvalue weighted by molar-refractivity contribution is -0.135. The lowest BCUT2D eigenvalue weighted by Gasteiger charge is -2.33. The quantitative estimate of drug-likeness (QED) is 0.424. The topological polar surface area (TPSA) is 18.5 Å². The van der Waals surface area contributed by atoms with Crippen molar-refractivity contribution in [3.05, 3.63) is 65.7 Å². The van der Waals surface area contributed by atoms with Crippen LogP contribution in [0.3, 0.4) is 0 Å². The van der Waals surface area contributed by atoms with Gasteiger partial charge < -0.3 is 9.47 Å². The molecule has 1 fully saturated rings. The third-order valence-electron chi connectivity index (χ3n) is 6.39. The fraction of sp³-hybridized carbons (Fsp3) is 0.538. The summed E-state index contributed by atoms with van der Waals surface area (Å²) < 4.78 is 12.7. The molecule has 0 radical (unpaired) electrons. The van der Waals surface area contributed by atoms with Crippen molar-refractivity contribution >= 4 is 0 Å². The number of hydrogen-bond acceptors (Lipinski definition) is 2. The van der Waals surface area contributed by atoms with Crippen molar-refractivity contribution in [2.75, 3.05) is 0 Å². The average molecular weight is 381 g/mol. The lowest BCUT2D eigenvalue weighted by atomic mass is 9.80. The Hall–Kier alpha value is -1.80. The maximum absolute atomic E-state index is 6.40. The molecule has 0 heterocycles. The highest BCUT2D eigenvalue weighted by Gasteiger charge is 2.29. The Kier molecular flexibility index (Phi) is 7.97. The van der Waals surface area contributed by atoms with E-state index in [4.69, 9.17) is 9.47 Å². The highest BCUT2D eigenvalue weighted by Crippen LogP contribution is 2.34. The van der Waals surface area contributed by atoms with E-state index < -0.39 is 0 Å². The third-order valence-corrected chi connectivity index (χ3v) is 6.39. The number of hydrogen-bond donors (Lipinski definition) is 0. The molecule has 0 amide bonds. The Labute approximate surface area is 171 Å². The Morgan fingerprint density at radius 3 is 2.21 bits per heavy atom. The summed E-state index contributed by atoms with van der Waals surface area (Å²) in [6.07, 6.45) is 7.58. The molecule has 152 valence electrons. The summed E-state index contributed by atoms with van der Waals surface area (Å²) in [5.74, 6) is 2.57. The van der Waals surface area contributed by atoms with Gasteiger partial charge >= 0.3 is 0 Å². The van der Waals surface area contributed by atoms with Gasteiger partial charge in [-0.15, -0.1) is 0 Å². The predicted molar refractivity (Wildman–Crippen MR) is 117 cm³/mol. The van der Waals surface area contributed by atoms with E-state index in [1.54, 1.807) is 0 Å². The van der Waals surface area contributed by atoms with Crippen LogP contribution in [0.1, 0.15) is 76.3 Å². The fourth-order valence-electron chi connectivity index (χ4n) is 4.17. The Bertz CT molecular complexity index is 673. The van der Waals surface area contributed by atoms with E-state index >= 15 is 0 Å². The molecular weight excluding hydrogens is 344 g/mol. The molecule has 3 rings (SSSR count). The maximum atomic E-state index is 6.40. The molecule has 2 aromatic rings. The molecule has 1 saturated carbocycles. The Balaban J connectivity index is 1.69. The molecule has 2 aromatic carbocycles. The van der Waals surface area contributed by atoms with Crippen LogP contribution in [-0.4, -0.2) is 6.29 Å². The van der Waals surface area contributed by atoms with Crippen LogP contribution in [0.2, 0.25) is 0 Å². The van der Waals surface area contributed by atoms with Gasteiger partial charge in [-0.3, -0.25) is 0 Å². The van der Waals surface area contributed by atoms with Crippen LogP contribution in [0.15, 0.2) is 54.6 Å². The molecule has 3 unspecified atom stereocenters. The molecular formula is C26H36O2. The van der Waals surface area contributed by atoms with Gasteiger partial charge in [0.25, 0.3) is 0 Å². The fourth-order valence-corrected chi connectivity index (χ4v) is 4.17. The summed E-state index contributed by atoms with van der Waals surface area (Å²) >= 11 is 0. The van der Waals surface area contributed by atoms with Gasteiger partial charge in [-0.2, -0.15) is 0 Å². The molecule has 28 heavy (non-hydrogen) atoms. The minimum absolute atomic E-state index is 0.210. The second kappa shape index (κ2) is 10.7. The van der Waals surface area contributed by atoms with Crippen LogP contribution in [-0.2, 0) is 11.3 Å². The van der Waals surface area contributed by atoms with Crippen LogP contribution in [0, 0.1) is 11.8 Å². The third kappa shape index (κ3) is 5.85. The van der Waals surface area contributed by atoms with Crippen molar-refractivity contribution in [3.8, 4) is 5.75 Å². The van der Waals surface area contributed by atoms with Crippen molar-refractivity contribution in [1.29, 1.82) is 0 Å². The average Bonchev–Trinajstić information content (AvgIpc) is 2.77. The van der Waals surface area contributed by atoms with Crippen molar-refractivity contribution < 1.29 is 9.47 Å². The van der Waals surface area contributed by atoms with Crippen LogP contribution in [0.4, 0.5) is 0 Å². The molecule has 0 spiro atoms. The number of rotatable bonds is 9. The van der Waals surface area contributed by atoms with Crippen molar-refractivity contribution in [1.82, 2.24) is 0 Å². The van der Waals surface area contributed by atoms with E-state index in [-0.39, 0.29) is 6.29 Å². The number of benzene rings is 2. The molecule has 3 atom stereocenters. The summed E-state index contributed by atoms with van der Waals surface area (Å²) in [6.45, 7) is 7.40. The van der Waals surface area contributed by atoms with Crippen LogP contribution in [0.5, 0.6) is 5.75 Å². The molecule has 0 N–H and O–H groups in total. The molecule has 1 aliphatic carbocycles. The van der Waals surface area contributed by atoms with Gasteiger partial charge in [-0.25, -0.2) is 0 Å². The molecule has 0 saturated heterocycles. The van der Waals surface area contributed by atoms with Gasteiger partial charge in [0.1, 0.15) is 5.75 Å². The van der Waals surface area contributed by atoms with E-state index in [0.717, 1.165) is 12.2 Å².